The van der Waals surface area contributed by atoms with E-state index in [4.69, 9.17) is 21.1 Å². The van der Waals surface area contributed by atoms with Gasteiger partial charge in [0, 0.05) is 11.6 Å². The first-order valence-electron chi connectivity index (χ1n) is 7.04. The Hall–Kier alpha value is -1.22. The molecule has 0 aliphatic carbocycles. The number of carbonyl (C=O) groups is 1. The van der Waals surface area contributed by atoms with E-state index in [-0.39, 0.29) is 17.7 Å². The number of ether oxygens (including phenoxy) is 2. The lowest BCUT2D eigenvalue weighted by Crippen LogP contribution is -2.39. The van der Waals surface area contributed by atoms with Crippen LogP contribution in [0.1, 0.15) is 19.8 Å². The second kappa shape index (κ2) is 7.57. The van der Waals surface area contributed by atoms with Gasteiger partial charge in [-0.05, 0) is 38.0 Å². The number of halogens is 2. The van der Waals surface area contributed by atoms with Crippen LogP contribution in [0, 0.1) is 5.82 Å². The van der Waals surface area contributed by atoms with Gasteiger partial charge in [0.1, 0.15) is 16.8 Å². The van der Waals surface area contributed by atoms with Crippen molar-refractivity contribution in [3.8, 4) is 0 Å². The lowest BCUT2D eigenvalue weighted by molar-refractivity contribution is -0.131. The van der Waals surface area contributed by atoms with Gasteiger partial charge >= 0.3 is 0 Å². The average molecular weight is 366 g/mol. The molecule has 2 atom stereocenters. The van der Waals surface area contributed by atoms with Crippen LogP contribution in [0.15, 0.2) is 23.1 Å². The van der Waals surface area contributed by atoms with E-state index in [1.807, 2.05) is 0 Å². The Morgan fingerprint density at radius 3 is 2.91 bits per heavy atom. The zero-order valence-electron chi connectivity index (χ0n) is 12.4. The van der Waals surface area contributed by atoms with Gasteiger partial charge in [0.05, 0.1) is 12.7 Å². The van der Waals surface area contributed by atoms with Crippen molar-refractivity contribution in [2.24, 2.45) is 0 Å². The van der Waals surface area contributed by atoms with Crippen LogP contribution < -0.4 is 4.72 Å². The van der Waals surface area contributed by atoms with Crippen LogP contribution in [0.25, 0.3) is 0 Å². The molecule has 2 rings (SSSR count). The van der Waals surface area contributed by atoms with E-state index >= 15 is 0 Å². The molecule has 1 aliphatic heterocycles. The van der Waals surface area contributed by atoms with Crippen molar-refractivity contribution < 1.29 is 27.1 Å². The SMILES string of the molecule is C[C@H](OC[C@@H]1CCCO1)C(=O)NS(=O)(=O)c1ccc(Cl)cc1F. The van der Waals surface area contributed by atoms with E-state index in [0.29, 0.717) is 6.61 Å². The molecule has 1 heterocycles. The molecule has 1 aromatic rings. The first kappa shape index (κ1) is 18.1. The van der Waals surface area contributed by atoms with E-state index < -0.39 is 32.7 Å². The molecule has 1 amide bonds. The zero-order chi connectivity index (χ0) is 17.0. The Morgan fingerprint density at radius 2 is 2.30 bits per heavy atom. The number of amides is 1. The third-order valence-corrected chi connectivity index (χ3v) is 4.96. The molecule has 23 heavy (non-hydrogen) atoms. The lowest BCUT2D eigenvalue weighted by Gasteiger charge is -2.16. The fourth-order valence-electron chi connectivity index (χ4n) is 2.07. The summed E-state index contributed by atoms with van der Waals surface area (Å²) >= 11 is 5.57. The first-order valence-corrected chi connectivity index (χ1v) is 8.90. The topological polar surface area (TPSA) is 81.7 Å². The fraction of sp³-hybridized carbons (Fsp3) is 0.500. The highest BCUT2D eigenvalue weighted by Gasteiger charge is 2.26. The van der Waals surface area contributed by atoms with Gasteiger partial charge in [0.15, 0.2) is 0 Å². The Balaban J connectivity index is 1.97. The van der Waals surface area contributed by atoms with E-state index in [9.17, 15) is 17.6 Å². The van der Waals surface area contributed by atoms with Crippen molar-refractivity contribution in [3.05, 3.63) is 29.0 Å². The van der Waals surface area contributed by atoms with Crippen LogP contribution in [-0.4, -0.2) is 39.7 Å². The summed E-state index contributed by atoms with van der Waals surface area (Å²) in [6, 6.07) is 3.07. The number of nitrogens with one attached hydrogen (secondary N) is 1. The van der Waals surface area contributed by atoms with Crippen LogP contribution in [0.5, 0.6) is 0 Å². The maximum absolute atomic E-state index is 13.7. The number of hydrogen-bond acceptors (Lipinski definition) is 5. The number of carbonyl (C=O) groups excluding carboxylic acids is 1. The Morgan fingerprint density at radius 1 is 1.57 bits per heavy atom. The van der Waals surface area contributed by atoms with Crippen molar-refractivity contribution >= 4 is 27.5 Å². The van der Waals surface area contributed by atoms with Crippen molar-refractivity contribution in [3.63, 3.8) is 0 Å². The molecule has 1 fully saturated rings. The standard InChI is InChI=1S/C14H17ClFNO5S/c1-9(22-8-11-3-2-6-21-11)14(18)17-23(19,20)13-5-4-10(15)7-12(13)16/h4-5,7,9,11H,2-3,6,8H2,1H3,(H,17,18)/t9-,11-/m0/s1. The molecule has 1 aromatic carbocycles. The molecule has 6 nitrogen and oxygen atoms in total. The monoisotopic (exact) mass is 365 g/mol. The number of hydrogen-bond donors (Lipinski definition) is 1. The largest absolute Gasteiger partial charge is 0.376 e. The number of rotatable bonds is 6. The first-order chi connectivity index (χ1) is 10.8. The van der Waals surface area contributed by atoms with Gasteiger partial charge in [-0.3, -0.25) is 4.79 Å². The molecule has 1 aliphatic rings. The average Bonchev–Trinajstić information content (AvgIpc) is 2.96. The molecule has 0 bridgehead atoms. The van der Waals surface area contributed by atoms with Gasteiger partial charge in [-0.2, -0.15) is 0 Å². The summed E-state index contributed by atoms with van der Waals surface area (Å²) in [7, 11) is -4.33. The minimum Gasteiger partial charge on any atom is -0.376 e. The van der Waals surface area contributed by atoms with Crippen molar-refractivity contribution in [1.29, 1.82) is 0 Å². The summed E-state index contributed by atoms with van der Waals surface area (Å²) in [6.45, 7) is 2.26. The molecule has 0 unspecified atom stereocenters. The molecule has 0 radical (unpaired) electrons. The maximum atomic E-state index is 13.7. The molecule has 1 N–H and O–H groups in total. The third kappa shape index (κ3) is 4.87. The van der Waals surface area contributed by atoms with Gasteiger partial charge in [-0.15, -0.1) is 0 Å². The van der Waals surface area contributed by atoms with E-state index in [1.54, 1.807) is 4.72 Å². The smallest absolute Gasteiger partial charge is 0.267 e. The summed E-state index contributed by atoms with van der Waals surface area (Å²) in [5.41, 5.74) is 0. The molecule has 0 spiro atoms. The highest BCUT2D eigenvalue weighted by molar-refractivity contribution is 7.90. The molecular formula is C14H17ClFNO5S. The quantitative estimate of drug-likeness (QED) is 0.832. The van der Waals surface area contributed by atoms with Gasteiger partial charge < -0.3 is 9.47 Å². The van der Waals surface area contributed by atoms with Crippen LogP contribution in [0.2, 0.25) is 5.02 Å². The molecule has 128 valence electrons. The van der Waals surface area contributed by atoms with Crippen LogP contribution >= 0.6 is 11.6 Å². The summed E-state index contributed by atoms with van der Waals surface area (Å²) in [4.78, 5) is 11.3. The van der Waals surface area contributed by atoms with Crippen LogP contribution in [0.4, 0.5) is 4.39 Å². The molecule has 0 aromatic heterocycles. The van der Waals surface area contributed by atoms with Crippen molar-refractivity contribution in [2.75, 3.05) is 13.2 Å². The van der Waals surface area contributed by atoms with Gasteiger partial charge in [-0.25, -0.2) is 17.5 Å². The summed E-state index contributed by atoms with van der Waals surface area (Å²) in [5.74, 6) is -1.91. The Bertz CT molecular complexity index is 676. The summed E-state index contributed by atoms with van der Waals surface area (Å²) < 4.78 is 50.2. The molecule has 1 saturated heterocycles. The Kier molecular flexibility index (Phi) is 5.96. The number of benzene rings is 1. The summed E-state index contributed by atoms with van der Waals surface area (Å²) in [5, 5.41) is 0.0565. The van der Waals surface area contributed by atoms with E-state index in [2.05, 4.69) is 0 Å². The van der Waals surface area contributed by atoms with Gasteiger partial charge in [-0.1, -0.05) is 11.6 Å². The van der Waals surface area contributed by atoms with E-state index in [0.717, 1.165) is 25.0 Å². The Labute approximate surface area is 139 Å². The van der Waals surface area contributed by atoms with Gasteiger partial charge in [0.25, 0.3) is 15.9 Å². The van der Waals surface area contributed by atoms with E-state index in [1.165, 1.54) is 13.0 Å². The fourth-order valence-corrected chi connectivity index (χ4v) is 3.33. The molecule has 9 heteroatoms. The minimum absolute atomic E-state index is 0.0565. The normalized spacial score (nSPS) is 19.5. The predicted molar refractivity (Wildman–Crippen MR) is 81.1 cm³/mol. The maximum Gasteiger partial charge on any atom is 0.267 e. The highest BCUT2D eigenvalue weighted by Crippen LogP contribution is 2.19. The third-order valence-electron chi connectivity index (χ3n) is 3.34. The van der Waals surface area contributed by atoms with Crippen LogP contribution in [-0.2, 0) is 24.3 Å². The summed E-state index contributed by atoms with van der Waals surface area (Å²) in [6.07, 6.45) is 0.668. The highest BCUT2D eigenvalue weighted by atomic mass is 35.5. The number of sulfonamides is 1. The second-order valence-corrected chi connectivity index (χ2v) is 7.24. The van der Waals surface area contributed by atoms with Crippen LogP contribution in [0.3, 0.4) is 0 Å². The van der Waals surface area contributed by atoms with Crippen molar-refractivity contribution in [2.45, 2.75) is 36.9 Å². The second-order valence-electron chi connectivity index (χ2n) is 5.16. The molecular weight excluding hydrogens is 349 g/mol. The predicted octanol–water partition coefficient (Wildman–Crippen LogP) is 1.87. The minimum atomic E-state index is -4.33. The zero-order valence-corrected chi connectivity index (χ0v) is 14.0. The van der Waals surface area contributed by atoms with Gasteiger partial charge in [0.2, 0.25) is 0 Å². The molecule has 0 saturated carbocycles. The van der Waals surface area contributed by atoms with Crippen molar-refractivity contribution in [1.82, 2.24) is 4.72 Å². The lowest BCUT2D eigenvalue weighted by atomic mass is 10.2.